The second kappa shape index (κ2) is 4.38. The maximum Gasteiger partial charge on any atom is 0.421 e. The topological polar surface area (TPSA) is 59.4 Å². The number of halogens is 3. The van der Waals surface area contributed by atoms with Crippen LogP contribution in [0.4, 0.5) is 13.2 Å². The van der Waals surface area contributed by atoms with Crippen LogP contribution in [0.3, 0.4) is 0 Å². The fourth-order valence-corrected chi connectivity index (χ4v) is 1.24. The van der Waals surface area contributed by atoms with Crippen LogP contribution >= 0.6 is 0 Å². The first-order valence-corrected chi connectivity index (χ1v) is 4.17. The zero-order chi connectivity index (χ0) is 12.3. The van der Waals surface area contributed by atoms with Gasteiger partial charge < -0.3 is 9.84 Å². The maximum atomic E-state index is 12.6. The van der Waals surface area contributed by atoms with Crippen molar-refractivity contribution >= 4 is 5.97 Å². The van der Waals surface area contributed by atoms with Crippen LogP contribution in [-0.4, -0.2) is 23.2 Å². The SMILES string of the molecule is COc1ccnc(CC(=O)O)c1C(F)(F)F. The molecule has 1 aromatic heterocycles. The number of aromatic nitrogens is 1. The van der Waals surface area contributed by atoms with Gasteiger partial charge in [-0.15, -0.1) is 0 Å². The molecule has 1 heterocycles. The molecule has 0 aromatic carbocycles. The van der Waals surface area contributed by atoms with Gasteiger partial charge in [0.05, 0.1) is 19.2 Å². The van der Waals surface area contributed by atoms with Gasteiger partial charge in [-0.2, -0.15) is 13.2 Å². The highest BCUT2D eigenvalue weighted by atomic mass is 19.4. The lowest BCUT2D eigenvalue weighted by atomic mass is 10.1. The molecule has 0 bridgehead atoms. The fourth-order valence-electron chi connectivity index (χ4n) is 1.24. The van der Waals surface area contributed by atoms with Gasteiger partial charge >= 0.3 is 12.1 Å². The van der Waals surface area contributed by atoms with Gasteiger partial charge in [0.1, 0.15) is 11.3 Å². The van der Waals surface area contributed by atoms with E-state index in [0.29, 0.717) is 0 Å². The highest BCUT2D eigenvalue weighted by Crippen LogP contribution is 2.37. The highest BCUT2D eigenvalue weighted by Gasteiger charge is 2.38. The zero-order valence-electron chi connectivity index (χ0n) is 8.21. The standard InChI is InChI=1S/C9H8F3NO3/c1-16-6-2-3-13-5(4-7(14)15)8(6)9(10,11)12/h2-3H,4H2,1H3,(H,14,15). The lowest BCUT2D eigenvalue weighted by Gasteiger charge is -2.14. The van der Waals surface area contributed by atoms with Gasteiger partial charge in [0, 0.05) is 6.20 Å². The molecule has 0 radical (unpaired) electrons. The lowest BCUT2D eigenvalue weighted by Crippen LogP contribution is -2.15. The fraction of sp³-hybridized carbons (Fsp3) is 0.333. The van der Waals surface area contributed by atoms with Crippen LogP contribution < -0.4 is 4.74 Å². The van der Waals surface area contributed by atoms with Crippen molar-refractivity contribution in [1.82, 2.24) is 4.98 Å². The summed E-state index contributed by atoms with van der Waals surface area (Å²) in [6, 6.07) is 1.04. The molecule has 0 aliphatic heterocycles. The Kier molecular flexibility index (Phi) is 3.36. The molecule has 0 saturated heterocycles. The predicted molar refractivity (Wildman–Crippen MR) is 47.1 cm³/mol. The largest absolute Gasteiger partial charge is 0.496 e. The summed E-state index contributed by atoms with van der Waals surface area (Å²) < 4.78 is 42.4. The molecule has 1 N–H and O–H groups in total. The number of carbonyl (C=O) groups is 1. The molecule has 0 spiro atoms. The number of pyridine rings is 1. The summed E-state index contributed by atoms with van der Waals surface area (Å²) in [5.74, 6) is -1.81. The molecule has 0 unspecified atom stereocenters. The van der Waals surface area contributed by atoms with Crippen molar-refractivity contribution in [2.24, 2.45) is 0 Å². The third-order valence-corrected chi connectivity index (χ3v) is 1.81. The van der Waals surface area contributed by atoms with Crippen molar-refractivity contribution in [3.8, 4) is 5.75 Å². The minimum atomic E-state index is -4.69. The molecule has 16 heavy (non-hydrogen) atoms. The van der Waals surface area contributed by atoms with E-state index in [1.165, 1.54) is 0 Å². The summed E-state index contributed by atoms with van der Waals surface area (Å²) in [5, 5.41) is 8.47. The molecule has 1 rings (SSSR count). The normalized spacial score (nSPS) is 11.2. The first kappa shape index (κ1) is 12.3. The minimum absolute atomic E-state index is 0.432. The van der Waals surface area contributed by atoms with Crippen molar-refractivity contribution in [1.29, 1.82) is 0 Å². The summed E-state index contributed by atoms with van der Waals surface area (Å²) in [7, 11) is 1.08. The van der Waals surface area contributed by atoms with Crippen LogP contribution in [-0.2, 0) is 17.4 Å². The molecule has 4 nitrogen and oxygen atoms in total. The molecule has 0 atom stereocenters. The summed E-state index contributed by atoms with van der Waals surface area (Å²) in [6.07, 6.45) is -4.41. The quantitative estimate of drug-likeness (QED) is 0.866. The van der Waals surface area contributed by atoms with Gasteiger partial charge in [0.15, 0.2) is 0 Å². The van der Waals surface area contributed by atoms with Gasteiger partial charge in [-0.05, 0) is 6.07 Å². The van der Waals surface area contributed by atoms with Crippen molar-refractivity contribution in [2.45, 2.75) is 12.6 Å². The molecule has 0 fully saturated rings. The molecule has 0 amide bonds. The van der Waals surface area contributed by atoms with Gasteiger partial charge in [-0.3, -0.25) is 9.78 Å². The maximum absolute atomic E-state index is 12.6. The van der Waals surface area contributed by atoms with Crippen LogP contribution in [0.15, 0.2) is 12.3 Å². The van der Waals surface area contributed by atoms with Gasteiger partial charge in [0.25, 0.3) is 0 Å². The number of hydrogen-bond acceptors (Lipinski definition) is 3. The van der Waals surface area contributed by atoms with Crippen molar-refractivity contribution < 1.29 is 27.8 Å². The van der Waals surface area contributed by atoms with E-state index in [-0.39, 0.29) is 0 Å². The van der Waals surface area contributed by atoms with Crippen molar-refractivity contribution in [2.75, 3.05) is 7.11 Å². The van der Waals surface area contributed by atoms with Gasteiger partial charge in [-0.1, -0.05) is 0 Å². The van der Waals surface area contributed by atoms with Crippen LogP contribution in [0.2, 0.25) is 0 Å². The van der Waals surface area contributed by atoms with Crippen LogP contribution in [0.25, 0.3) is 0 Å². The second-order valence-corrected chi connectivity index (χ2v) is 2.90. The zero-order valence-corrected chi connectivity index (χ0v) is 8.21. The molecular formula is C9H8F3NO3. The predicted octanol–water partition coefficient (Wildman–Crippen LogP) is 1.74. The van der Waals surface area contributed by atoms with E-state index < -0.39 is 35.6 Å². The molecule has 88 valence electrons. The molecule has 0 saturated carbocycles. The van der Waals surface area contributed by atoms with E-state index in [2.05, 4.69) is 9.72 Å². The Labute approximate surface area is 88.7 Å². The van der Waals surface area contributed by atoms with E-state index in [9.17, 15) is 18.0 Å². The number of carboxylic acid groups (broad SMARTS) is 1. The van der Waals surface area contributed by atoms with E-state index in [4.69, 9.17) is 5.11 Å². The Bertz CT molecular complexity index is 403. The van der Waals surface area contributed by atoms with Crippen LogP contribution in [0.1, 0.15) is 11.3 Å². The lowest BCUT2D eigenvalue weighted by molar-refractivity contribution is -0.140. The first-order chi connectivity index (χ1) is 7.36. The number of carboxylic acids is 1. The molecule has 0 aliphatic carbocycles. The number of rotatable bonds is 3. The monoisotopic (exact) mass is 235 g/mol. The molecule has 0 aliphatic rings. The smallest absolute Gasteiger partial charge is 0.421 e. The number of nitrogens with zero attached hydrogens (tertiary/aromatic N) is 1. The highest BCUT2D eigenvalue weighted by molar-refractivity contribution is 5.70. The number of methoxy groups -OCH3 is 1. The summed E-state index contributed by atoms with van der Waals surface area (Å²) in [6.45, 7) is 0. The Morgan fingerprint density at radius 3 is 2.62 bits per heavy atom. The second-order valence-electron chi connectivity index (χ2n) is 2.90. The number of ether oxygens (including phenoxy) is 1. The van der Waals surface area contributed by atoms with E-state index >= 15 is 0 Å². The Hall–Kier alpha value is -1.79. The first-order valence-electron chi connectivity index (χ1n) is 4.17. The third kappa shape index (κ3) is 2.62. The molecular weight excluding hydrogens is 227 g/mol. The molecule has 1 aromatic rings. The van der Waals surface area contributed by atoms with E-state index in [1.54, 1.807) is 0 Å². The van der Waals surface area contributed by atoms with Gasteiger partial charge in [0.2, 0.25) is 0 Å². The Morgan fingerprint density at radius 2 is 2.19 bits per heavy atom. The van der Waals surface area contributed by atoms with Crippen LogP contribution in [0.5, 0.6) is 5.75 Å². The molecule has 7 heteroatoms. The van der Waals surface area contributed by atoms with E-state index in [1.807, 2.05) is 0 Å². The summed E-state index contributed by atoms with van der Waals surface area (Å²) in [4.78, 5) is 13.8. The summed E-state index contributed by atoms with van der Waals surface area (Å²) in [5.41, 5.74) is -1.70. The van der Waals surface area contributed by atoms with Crippen molar-refractivity contribution in [3.63, 3.8) is 0 Å². The van der Waals surface area contributed by atoms with E-state index in [0.717, 1.165) is 19.4 Å². The number of aliphatic carboxylic acids is 1. The average molecular weight is 235 g/mol. The Morgan fingerprint density at radius 1 is 1.56 bits per heavy atom. The van der Waals surface area contributed by atoms with Crippen LogP contribution in [0, 0.1) is 0 Å². The minimum Gasteiger partial charge on any atom is -0.496 e. The number of alkyl halides is 3. The van der Waals surface area contributed by atoms with Crippen molar-refractivity contribution in [3.05, 3.63) is 23.5 Å². The average Bonchev–Trinajstić information content (AvgIpc) is 2.14. The third-order valence-electron chi connectivity index (χ3n) is 1.81. The van der Waals surface area contributed by atoms with Gasteiger partial charge in [-0.25, -0.2) is 0 Å². The Balaban J connectivity index is 3.32. The number of hydrogen-bond donors (Lipinski definition) is 1. The summed E-state index contributed by atoms with van der Waals surface area (Å²) >= 11 is 0.